The van der Waals surface area contributed by atoms with E-state index in [0.29, 0.717) is 11.8 Å². The molecule has 0 spiro atoms. The molecule has 0 saturated heterocycles. The van der Waals surface area contributed by atoms with Gasteiger partial charge in [-0.25, -0.2) is 0 Å². The molecule has 1 radical (unpaired) electrons. The topological polar surface area (TPSA) is 26.3 Å². The molecule has 4 aromatic carbocycles. The molecule has 2 atom stereocenters. The average Bonchev–Trinajstić information content (AvgIpc) is 3.91. The second-order valence-electron chi connectivity index (χ2n) is 13.3. The zero-order valence-electron chi connectivity index (χ0n) is 28.8. The molecular weight excluding hydrogens is 751 g/mol. The van der Waals surface area contributed by atoms with Gasteiger partial charge in [0.05, 0.1) is 0 Å². The average molecular weight is 790 g/mol. The van der Waals surface area contributed by atoms with Gasteiger partial charge in [-0.2, -0.15) is 0 Å². The van der Waals surface area contributed by atoms with E-state index in [9.17, 15) is 0 Å². The van der Waals surface area contributed by atoms with Gasteiger partial charge < -0.3 is 8.83 Å². The Labute approximate surface area is 316 Å². The molecule has 8 rings (SSSR count). The van der Waals surface area contributed by atoms with Gasteiger partial charge >= 0.3 is 37.9 Å². The van der Waals surface area contributed by atoms with Crippen LogP contribution < -0.4 is 0 Å². The Morgan fingerprint density at radius 3 is 1.30 bits per heavy atom. The van der Waals surface area contributed by atoms with Crippen LogP contribution >= 0.6 is 17.0 Å². The molecular formula is C44H39Cl2O2SiZr. The first-order valence-electron chi connectivity index (χ1n) is 17.1. The fraction of sp³-hybridized carbons (Fsp3) is 0.182. The van der Waals surface area contributed by atoms with E-state index >= 15 is 0 Å². The third-order valence-corrected chi connectivity index (χ3v) is 11.6. The van der Waals surface area contributed by atoms with Crippen molar-refractivity contribution in [3.8, 4) is 22.3 Å². The maximum absolute atomic E-state index is 6.28. The van der Waals surface area contributed by atoms with Crippen molar-refractivity contribution in [2.75, 3.05) is 0 Å². The molecule has 50 heavy (non-hydrogen) atoms. The van der Waals surface area contributed by atoms with E-state index in [4.69, 9.17) is 25.9 Å². The molecule has 0 N–H and O–H groups in total. The summed E-state index contributed by atoms with van der Waals surface area (Å²) in [6.45, 7) is 8.37. The van der Waals surface area contributed by atoms with Gasteiger partial charge in [-0.1, -0.05) is 108 Å². The molecule has 0 amide bonds. The molecule has 2 nitrogen and oxygen atoms in total. The van der Waals surface area contributed by atoms with Crippen LogP contribution in [0.3, 0.4) is 0 Å². The van der Waals surface area contributed by atoms with Crippen LogP contribution in [0.25, 0.3) is 45.6 Å². The molecule has 6 aromatic rings. The molecule has 2 unspecified atom stereocenters. The molecule has 0 aliphatic heterocycles. The Bertz CT molecular complexity index is 2040. The van der Waals surface area contributed by atoms with Crippen LogP contribution in [0.4, 0.5) is 0 Å². The minimum absolute atomic E-state index is 0.123. The minimum atomic E-state index is -0.826. The summed E-state index contributed by atoms with van der Waals surface area (Å²) in [7, 11) is 9.99. The van der Waals surface area contributed by atoms with Gasteiger partial charge in [0.15, 0.2) is 0 Å². The number of fused-ring (bicyclic) bond motifs is 2. The Kier molecular flexibility index (Phi) is 10.8. The predicted molar refractivity (Wildman–Crippen MR) is 210 cm³/mol. The van der Waals surface area contributed by atoms with Gasteiger partial charge in [0.1, 0.15) is 23.0 Å². The molecule has 0 fully saturated rings. The van der Waals surface area contributed by atoms with E-state index in [1.165, 1.54) is 66.8 Å². The Morgan fingerprint density at radius 1 is 0.540 bits per heavy atom. The molecule has 2 aromatic heterocycles. The molecule has 2 aliphatic rings. The Morgan fingerprint density at radius 2 is 0.940 bits per heavy atom. The summed E-state index contributed by atoms with van der Waals surface area (Å²) in [6, 6.07) is 42.3. The number of furan rings is 2. The van der Waals surface area contributed by atoms with Gasteiger partial charge in [0, 0.05) is 32.5 Å². The predicted octanol–water partition coefficient (Wildman–Crippen LogP) is 13.1. The van der Waals surface area contributed by atoms with E-state index in [1.807, 2.05) is 13.8 Å². The van der Waals surface area contributed by atoms with Crippen LogP contribution in [0.5, 0.6) is 0 Å². The number of halogens is 2. The van der Waals surface area contributed by atoms with Gasteiger partial charge in [0.25, 0.3) is 0 Å². The van der Waals surface area contributed by atoms with E-state index in [0.717, 1.165) is 35.1 Å². The van der Waals surface area contributed by atoms with Crippen molar-refractivity contribution in [3.05, 3.63) is 166 Å². The van der Waals surface area contributed by atoms with Crippen molar-refractivity contribution in [3.63, 3.8) is 0 Å². The second kappa shape index (κ2) is 15.5. The van der Waals surface area contributed by atoms with Crippen LogP contribution in [-0.2, 0) is 20.8 Å². The quantitative estimate of drug-likeness (QED) is 0.144. The van der Waals surface area contributed by atoms with Crippen molar-refractivity contribution in [2.45, 2.75) is 51.6 Å². The first-order valence-corrected chi connectivity index (χ1v) is 25.1. The normalized spacial score (nSPS) is 15.9. The fourth-order valence-corrected chi connectivity index (χ4v) is 9.39. The molecule has 0 bridgehead atoms. The standard InChI is InChI=1S/C44H39O2Si.2ClH.Zr/c1-27-11-17-31(18-12-27)33-7-5-9-35-37(33)23-39(43-21-15-29(3)45-43)41(35)25-47-26-42-36-10-6-8-34(32-19-13-28(2)14-20-32)38(36)24-40(42)44-22-16-30(4)46-44;;;/h5-24,41-42,47H,25-26H2,1-4H3;2*1H;/q;;;+2/p-2. The first kappa shape index (κ1) is 35.0. The molecule has 6 heteroatoms. The molecule has 2 aliphatic carbocycles. The second-order valence-corrected chi connectivity index (χ2v) is 18.6. The number of hydrogen-bond donors (Lipinski definition) is 0. The number of aryl methyl sites for hydroxylation is 4. The maximum atomic E-state index is 6.28. The van der Waals surface area contributed by atoms with Gasteiger partial charge in [0.2, 0.25) is 0 Å². The summed E-state index contributed by atoms with van der Waals surface area (Å²) in [5.74, 6) is 4.54. The monoisotopic (exact) mass is 787 g/mol. The van der Waals surface area contributed by atoms with Crippen LogP contribution in [0, 0.1) is 27.7 Å². The first-order chi connectivity index (χ1) is 24.3. The molecule has 249 valence electrons. The summed E-state index contributed by atoms with van der Waals surface area (Å²) in [4.78, 5) is 0. The van der Waals surface area contributed by atoms with Crippen molar-refractivity contribution < 1.29 is 29.7 Å². The third kappa shape index (κ3) is 7.19. The van der Waals surface area contributed by atoms with Crippen LogP contribution in [-0.4, -0.2) is 9.52 Å². The van der Waals surface area contributed by atoms with Crippen LogP contribution in [0.1, 0.15) is 68.3 Å². The van der Waals surface area contributed by atoms with E-state index in [1.54, 1.807) is 0 Å². The van der Waals surface area contributed by atoms with Crippen molar-refractivity contribution in [1.82, 2.24) is 0 Å². The fourth-order valence-electron chi connectivity index (χ4n) is 7.52. The summed E-state index contributed by atoms with van der Waals surface area (Å²) in [5, 5.41) is 0. The van der Waals surface area contributed by atoms with Crippen LogP contribution in [0.15, 0.2) is 118 Å². The summed E-state index contributed by atoms with van der Waals surface area (Å²) in [6.07, 6.45) is 4.81. The van der Waals surface area contributed by atoms with Gasteiger partial charge in [-0.15, -0.1) is 0 Å². The van der Waals surface area contributed by atoms with Crippen molar-refractivity contribution >= 4 is 49.8 Å². The number of benzene rings is 4. The third-order valence-electron chi connectivity index (χ3n) is 9.96. The molecule has 0 saturated carbocycles. The Hall–Kier alpha value is -3.40. The number of hydrogen-bond acceptors (Lipinski definition) is 2. The summed E-state index contributed by atoms with van der Waals surface area (Å²) >= 11 is -0.826. The van der Waals surface area contributed by atoms with Crippen molar-refractivity contribution in [1.29, 1.82) is 0 Å². The summed E-state index contributed by atoms with van der Waals surface area (Å²) < 4.78 is 12.6. The number of allylic oxidation sites excluding steroid dienone is 2. The SMILES string of the molecule is Cc1ccc(-c2cccc3c2C=C(c2ccc(C)o2)C3C[SiH]CC2C(c3ccc(C)o3)=Cc3c(-c4ccc(C)cc4)cccc32)cc1.[Cl][Zr][Cl]. The zero-order valence-corrected chi connectivity index (χ0v) is 33.9. The van der Waals surface area contributed by atoms with Gasteiger partial charge in [-0.05, 0) is 109 Å². The molecule has 2 heterocycles. The van der Waals surface area contributed by atoms with E-state index < -0.39 is 20.8 Å². The van der Waals surface area contributed by atoms with E-state index in [-0.39, 0.29) is 9.52 Å². The van der Waals surface area contributed by atoms with E-state index in [2.05, 4.69) is 135 Å². The van der Waals surface area contributed by atoms with Crippen LogP contribution in [0.2, 0.25) is 12.1 Å². The zero-order chi connectivity index (χ0) is 34.8. The van der Waals surface area contributed by atoms with Gasteiger partial charge in [-0.3, -0.25) is 0 Å². The number of rotatable bonds is 8. The Balaban J connectivity index is 0.00000126. The summed E-state index contributed by atoms with van der Waals surface area (Å²) in [5.41, 5.74) is 15.8. The van der Waals surface area contributed by atoms with Crippen molar-refractivity contribution in [2.24, 2.45) is 0 Å².